The van der Waals surface area contributed by atoms with Crippen molar-refractivity contribution < 1.29 is 4.92 Å². The molecule has 100 valence electrons. The molecular weight excluding hydrogens is 252 g/mol. The van der Waals surface area contributed by atoms with Gasteiger partial charge in [0.25, 0.3) is 5.69 Å². The van der Waals surface area contributed by atoms with Gasteiger partial charge in [-0.25, -0.2) is 0 Å². The van der Waals surface area contributed by atoms with E-state index < -0.39 is 0 Å². The van der Waals surface area contributed by atoms with Crippen LogP contribution in [-0.2, 0) is 6.54 Å². The largest absolute Gasteiger partial charge is 0.312 e. The van der Waals surface area contributed by atoms with E-state index in [2.05, 4.69) is 19.2 Å². The number of halogens is 1. The molecule has 1 N–H and O–H groups in total. The summed E-state index contributed by atoms with van der Waals surface area (Å²) in [4.78, 5) is 10.5. The number of benzene rings is 1. The summed E-state index contributed by atoms with van der Waals surface area (Å²) in [5.41, 5.74) is 0.759. The quantitative estimate of drug-likeness (QED) is 0.606. The van der Waals surface area contributed by atoms with Crippen molar-refractivity contribution in [3.63, 3.8) is 0 Å². The fourth-order valence-electron chi connectivity index (χ4n) is 1.86. The van der Waals surface area contributed by atoms with Crippen molar-refractivity contribution in [2.45, 2.75) is 33.2 Å². The molecule has 5 heteroatoms. The molecule has 0 aliphatic rings. The normalized spacial score (nSPS) is 10.9. The first kappa shape index (κ1) is 14.9. The zero-order valence-electron chi connectivity index (χ0n) is 10.8. The van der Waals surface area contributed by atoms with Gasteiger partial charge in [-0.1, -0.05) is 38.3 Å². The summed E-state index contributed by atoms with van der Waals surface area (Å²) in [5.74, 6) is 0.614. The van der Waals surface area contributed by atoms with Gasteiger partial charge in [-0.15, -0.1) is 0 Å². The lowest BCUT2D eigenvalue weighted by atomic mass is 10.0. The first-order valence-corrected chi connectivity index (χ1v) is 6.59. The number of hydrogen-bond donors (Lipinski definition) is 1. The summed E-state index contributed by atoms with van der Waals surface area (Å²) < 4.78 is 0. The third-order valence-corrected chi connectivity index (χ3v) is 3.38. The number of nitrogens with zero attached hydrogens (tertiary/aromatic N) is 1. The zero-order valence-corrected chi connectivity index (χ0v) is 11.5. The molecule has 0 aromatic heterocycles. The van der Waals surface area contributed by atoms with Gasteiger partial charge in [0.05, 0.1) is 4.92 Å². The molecular formula is C13H19ClN2O2. The van der Waals surface area contributed by atoms with Crippen LogP contribution < -0.4 is 5.32 Å². The highest BCUT2D eigenvalue weighted by Gasteiger charge is 2.13. The first-order valence-electron chi connectivity index (χ1n) is 6.22. The van der Waals surface area contributed by atoms with Crippen molar-refractivity contribution in [1.29, 1.82) is 0 Å². The van der Waals surface area contributed by atoms with Crippen molar-refractivity contribution in [1.82, 2.24) is 5.32 Å². The maximum atomic E-state index is 10.9. The van der Waals surface area contributed by atoms with E-state index in [0.717, 1.165) is 19.4 Å². The van der Waals surface area contributed by atoms with Gasteiger partial charge in [-0.2, -0.15) is 0 Å². The molecule has 0 aliphatic heterocycles. The van der Waals surface area contributed by atoms with Crippen LogP contribution in [0.15, 0.2) is 18.2 Å². The Morgan fingerprint density at radius 3 is 2.61 bits per heavy atom. The Hall–Kier alpha value is -1.13. The highest BCUT2D eigenvalue weighted by molar-refractivity contribution is 6.30. The minimum atomic E-state index is -0.371. The van der Waals surface area contributed by atoms with Crippen LogP contribution in [0.25, 0.3) is 0 Å². The van der Waals surface area contributed by atoms with Crippen LogP contribution in [0.2, 0.25) is 5.02 Å². The summed E-state index contributed by atoms with van der Waals surface area (Å²) in [6.45, 7) is 5.65. The molecule has 0 saturated heterocycles. The topological polar surface area (TPSA) is 55.2 Å². The van der Waals surface area contributed by atoms with Gasteiger partial charge in [-0.3, -0.25) is 10.1 Å². The summed E-state index contributed by atoms with van der Waals surface area (Å²) >= 11 is 5.87. The van der Waals surface area contributed by atoms with E-state index in [-0.39, 0.29) is 10.6 Å². The SMILES string of the molecule is CCC(CC)CNCc1cc(Cl)ccc1[N+](=O)[O-]. The lowest BCUT2D eigenvalue weighted by Gasteiger charge is -2.13. The molecule has 4 nitrogen and oxygen atoms in total. The van der Waals surface area contributed by atoms with Gasteiger partial charge >= 0.3 is 0 Å². The predicted molar refractivity (Wildman–Crippen MR) is 73.9 cm³/mol. The maximum Gasteiger partial charge on any atom is 0.273 e. The van der Waals surface area contributed by atoms with Gasteiger partial charge in [0, 0.05) is 23.2 Å². The van der Waals surface area contributed by atoms with Gasteiger partial charge in [0.2, 0.25) is 0 Å². The molecule has 1 rings (SSSR count). The smallest absolute Gasteiger partial charge is 0.273 e. The third kappa shape index (κ3) is 4.27. The minimum Gasteiger partial charge on any atom is -0.312 e. The van der Waals surface area contributed by atoms with E-state index in [1.165, 1.54) is 6.07 Å². The molecule has 0 amide bonds. The van der Waals surface area contributed by atoms with Crippen LogP contribution in [0, 0.1) is 16.0 Å². The summed E-state index contributed by atoms with van der Waals surface area (Å²) in [7, 11) is 0. The Labute approximate surface area is 112 Å². The number of nitro groups is 1. The Balaban J connectivity index is 2.66. The van der Waals surface area contributed by atoms with Crippen LogP contribution in [0.1, 0.15) is 32.3 Å². The highest BCUT2D eigenvalue weighted by Crippen LogP contribution is 2.22. The molecule has 0 saturated carbocycles. The highest BCUT2D eigenvalue weighted by atomic mass is 35.5. The van der Waals surface area contributed by atoms with Crippen molar-refractivity contribution in [2.24, 2.45) is 5.92 Å². The summed E-state index contributed by atoms with van der Waals surface area (Å²) in [6, 6.07) is 4.65. The first-order chi connectivity index (χ1) is 8.58. The molecule has 0 atom stereocenters. The fourth-order valence-corrected chi connectivity index (χ4v) is 2.06. The lowest BCUT2D eigenvalue weighted by molar-refractivity contribution is -0.385. The van der Waals surface area contributed by atoms with Crippen molar-refractivity contribution >= 4 is 17.3 Å². The Kier molecular flexibility index (Phi) is 6.09. The number of hydrogen-bond acceptors (Lipinski definition) is 3. The van der Waals surface area contributed by atoms with E-state index in [1.54, 1.807) is 12.1 Å². The third-order valence-electron chi connectivity index (χ3n) is 3.14. The van der Waals surface area contributed by atoms with Crippen molar-refractivity contribution in [3.05, 3.63) is 38.9 Å². The monoisotopic (exact) mass is 270 g/mol. The molecule has 1 aromatic rings. The van der Waals surface area contributed by atoms with E-state index >= 15 is 0 Å². The van der Waals surface area contributed by atoms with Gasteiger partial charge < -0.3 is 5.32 Å². The number of nitrogens with one attached hydrogen (secondary N) is 1. The lowest BCUT2D eigenvalue weighted by Crippen LogP contribution is -2.22. The van der Waals surface area contributed by atoms with E-state index in [1.807, 2.05) is 0 Å². The Morgan fingerprint density at radius 1 is 1.39 bits per heavy atom. The molecule has 0 unspecified atom stereocenters. The van der Waals surface area contributed by atoms with E-state index in [0.29, 0.717) is 23.0 Å². The average molecular weight is 271 g/mol. The Bertz CT molecular complexity index is 406. The van der Waals surface area contributed by atoms with Crippen molar-refractivity contribution in [3.8, 4) is 0 Å². The maximum absolute atomic E-state index is 10.9. The molecule has 0 fully saturated rings. The molecule has 0 spiro atoms. The van der Waals surface area contributed by atoms with Gasteiger partial charge in [0.1, 0.15) is 0 Å². The van der Waals surface area contributed by atoms with Crippen LogP contribution in [0.3, 0.4) is 0 Å². The predicted octanol–water partition coefficient (Wildman–Crippen LogP) is 3.77. The molecule has 1 aromatic carbocycles. The second-order valence-corrected chi connectivity index (χ2v) is 4.78. The number of rotatable bonds is 7. The van der Waals surface area contributed by atoms with Crippen LogP contribution in [-0.4, -0.2) is 11.5 Å². The van der Waals surface area contributed by atoms with Gasteiger partial charge in [-0.05, 0) is 24.6 Å². The fraction of sp³-hybridized carbons (Fsp3) is 0.538. The molecule has 0 bridgehead atoms. The molecule has 0 aliphatic carbocycles. The van der Waals surface area contributed by atoms with Crippen LogP contribution in [0.5, 0.6) is 0 Å². The average Bonchev–Trinajstić information content (AvgIpc) is 2.34. The summed E-state index contributed by atoms with van der Waals surface area (Å²) in [5, 5.41) is 14.7. The Morgan fingerprint density at radius 2 is 2.06 bits per heavy atom. The van der Waals surface area contributed by atoms with Gasteiger partial charge in [0.15, 0.2) is 0 Å². The van der Waals surface area contributed by atoms with Crippen LogP contribution in [0.4, 0.5) is 5.69 Å². The van der Waals surface area contributed by atoms with E-state index in [4.69, 9.17) is 11.6 Å². The van der Waals surface area contributed by atoms with Crippen molar-refractivity contribution in [2.75, 3.05) is 6.54 Å². The van der Waals surface area contributed by atoms with Crippen LogP contribution >= 0.6 is 11.6 Å². The standard InChI is InChI=1S/C13H19ClN2O2/c1-3-10(4-2)8-15-9-11-7-12(14)5-6-13(11)16(17)18/h5-7,10,15H,3-4,8-9H2,1-2H3. The molecule has 0 radical (unpaired) electrons. The minimum absolute atomic E-state index is 0.122. The number of nitro benzene ring substituents is 1. The zero-order chi connectivity index (χ0) is 13.5. The second kappa shape index (κ2) is 7.34. The molecule has 0 heterocycles. The summed E-state index contributed by atoms with van der Waals surface area (Å²) in [6.07, 6.45) is 2.22. The second-order valence-electron chi connectivity index (χ2n) is 4.34. The molecule has 18 heavy (non-hydrogen) atoms. The van der Waals surface area contributed by atoms with E-state index in [9.17, 15) is 10.1 Å².